The smallest absolute Gasteiger partial charge is 0.0611 e. The summed E-state index contributed by atoms with van der Waals surface area (Å²) >= 11 is 4.51. The summed E-state index contributed by atoms with van der Waals surface area (Å²) in [7, 11) is 0. The van der Waals surface area contributed by atoms with Crippen molar-refractivity contribution in [2.24, 2.45) is 0 Å². The number of unbranched alkanes of at least 4 members (excludes halogenated alkanes) is 2. The predicted octanol–water partition coefficient (Wildman–Crippen LogP) is 4.93. The number of thioether (sulfide) groups is 2. The molecule has 1 heterocycles. The molecule has 1 aliphatic heterocycles. The third kappa shape index (κ3) is 4.06. The van der Waals surface area contributed by atoms with Crippen molar-refractivity contribution in [3.63, 3.8) is 0 Å². The van der Waals surface area contributed by atoms with Gasteiger partial charge in [0.05, 0.1) is 4.08 Å². The lowest BCUT2D eigenvalue weighted by Gasteiger charge is -2.36. The van der Waals surface area contributed by atoms with Crippen molar-refractivity contribution < 1.29 is 0 Å². The van der Waals surface area contributed by atoms with Crippen LogP contribution in [0.3, 0.4) is 0 Å². The molecule has 0 bridgehead atoms. The van der Waals surface area contributed by atoms with Crippen molar-refractivity contribution >= 4 is 23.5 Å². The summed E-state index contributed by atoms with van der Waals surface area (Å²) in [5.74, 6) is 2.81. The highest BCUT2D eigenvalue weighted by Gasteiger charge is 2.31. The molecular weight excluding hydrogens is 208 g/mol. The van der Waals surface area contributed by atoms with Gasteiger partial charge in [-0.2, -0.15) is 0 Å². The molecule has 1 rings (SSSR count). The maximum atomic E-state index is 2.31. The Balaban J connectivity index is 2.39. The zero-order valence-corrected chi connectivity index (χ0v) is 11.3. The third-order valence-electron chi connectivity index (χ3n) is 2.84. The van der Waals surface area contributed by atoms with Gasteiger partial charge in [-0.05, 0) is 30.8 Å². The number of hydrogen-bond acceptors (Lipinski definition) is 2. The van der Waals surface area contributed by atoms with Crippen molar-refractivity contribution in [1.82, 2.24) is 0 Å². The molecule has 0 nitrogen and oxygen atoms in total. The van der Waals surface area contributed by atoms with E-state index in [9.17, 15) is 0 Å². The molecule has 0 saturated carbocycles. The summed E-state index contributed by atoms with van der Waals surface area (Å²) in [5.41, 5.74) is 0. The Morgan fingerprint density at radius 2 is 1.43 bits per heavy atom. The Morgan fingerprint density at radius 1 is 0.929 bits per heavy atom. The van der Waals surface area contributed by atoms with Gasteiger partial charge in [0.25, 0.3) is 0 Å². The van der Waals surface area contributed by atoms with Crippen LogP contribution >= 0.6 is 23.5 Å². The quantitative estimate of drug-likeness (QED) is 0.636. The third-order valence-corrected chi connectivity index (χ3v) is 6.40. The van der Waals surface area contributed by atoms with Gasteiger partial charge in [0.1, 0.15) is 0 Å². The molecule has 1 fully saturated rings. The summed E-state index contributed by atoms with van der Waals surface area (Å²) in [6.07, 6.45) is 9.87. The van der Waals surface area contributed by atoms with Crippen LogP contribution in [0.1, 0.15) is 58.8 Å². The molecule has 1 aliphatic rings. The molecule has 0 atom stereocenters. The molecule has 0 aliphatic carbocycles. The zero-order valence-electron chi connectivity index (χ0n) is 9.68. The van der Waals surface area contributed by atoms with E-state index in [1.54, 1.807) is 0 Å². The van der Waals surface area contributed by atoms with E-state index in [0.29, 0.717) is 4.08 Å². The number of rotatable bonds is 6. The average Bonchev–Trinajstić information content (AvgIpc) is 2.25. The Labute approximate surface area is 98.0 Å². The Kier molecular flexibility index (Phi) is 6.43. The van der Waals surface area contributed by atoms with E-state index >= 15 is 0 Å². The second-order valence-corrected chi connectivity index (χ2v) is 7.38. The van der Waals surface area contributed by atoms with Crippen LogP contribution in [0.15, 0.2) is 0 Å². The monoisotopic (exact) mass is 232 g/mol. The minimum Gasteiger partial charge on any atom is -0.144 e. The predicted molar refractivity (Wildman–Crippen MR) is 71.3 cm³/mol. The Hall–Kier alpha value is 0.700. The van der Waals surface area contributed by atoms with Gasteiger partial charge in [-0.25, -0.2) is 0 Å². The first-order chi connectivity index (χ1) is 6.83. The molecule has 0 unspecified atom stereocenters. The maximum absolute atomic E-state index is 2.31. The molecule has 0 N–H and O–H groups in total. The summed E-state index contributed by atoms with van der Waals surface area (Å²) < 4.78 is 0.615. The van der Waals surface area contributed by atoms with Crippen LogP contribution in [-0.4, -0.2) is 15.6 Å². The van der Waals surface area contributed by atoms with Crippen molar-refractivity contribution in [1.29, 1.82) is 0 Å². The van der Waals surface area contributed by atoms with Gasteiger partial charge in [0.2, 0.25) is 0 Å². The summed E-state index contributed by atoms with van der Waals surface area (Å²) in [4.78, 5) is 0. The maximum Gasteiger partial charge on any atom is 0.0611 e. The van der Waals surface area contributed by atoms with E-state index < -0.39 is 0 Å². The van der Waals surface area contributed by atoms with Gasteiger partial charge >= 0.3 is 0 Å². The molecule has 1 saturated heterocycles. The highest BCUT2D eigenvalue weighted by molar-refractivity contribution is 8.18. The topological polar surface area (TPSA) is 0 Å². The summed E-state index contributed by atoms with van der Waals surface area (Å²) in [6.45, 7) is 4.62. The molecule has 84 valence electrons. The van der Waals surface area contributed by atoms with Crippen LogP contribution in [0.4, 0.5) is 0 Å². The first-order valence-electron chi connectivity index (χ1n) is 6.11. The number of hydrogen-bond donors (Lipinski definition) is 0. The van der Waals surface area contributed by atoms with Crippen molar-refractivity contribution in [2.45, 2.75) is 62.9 Å². The molecule has 14 heavy (non-hydrogen) atoms. The van der Waals surface area contributed by atoms with Crippen molar-refractivity contribution in [2.75, 3.05) is 11.5 Å². The fourth-order valence-electron chi connectivity index (χ4n) is 1.92. The van der Waals surface area contributed by atoms with Crippen LogP contribution < -0.4 is 0 Å². The highest BCUT2D eigenvalue weighted by atomic mass is 32.2. The molecule has 0 radical (unpaired) electrons. The first-order valence-corrected chi connectivity index (χ1v) is 8.08. The standard InChI is InChI=1S/C12H24S2/c1-3-5-8-12(9-6-4-2)13-10-7-11-14-12/h3-11H2,1-2H3. The van der Waals surface area contributed by atoms with Crippen LogP contribution in [0.5, 0.6) is 0 Å². The van der Waals surface area contributed by atoms with Crippen LogP contribution in [0.2, 0.25) is 0 Å². The van der Waals surface area contributed by atoms with E-state index in [1.165, 1.54) is 56.5 Å². The molecular formula is C12H24S2. The fourth-order valence-corrected chi connectivity index (χ4v) is 5.41. The molecule has 0 aromatic heterocycles. The Bertz CT molecular complexity index is 129. The molecule has 0 amide bonds. The summed E-state index contributed by atoms with van der Waals surface area (Å²) in [5, 5.41) is 0. The SMILES string of the molecule is CCCCC1(CCCC)SCCCS1. The van der Waals surface area contributed by atoms with Crippen LogP contribution in [0.25, 0.3) is 0 Å². The van der Waals surface area contributed by atoms with E-state index in [-0.39, 0.29) is 0 Å². The minimum absolute atomic E-state index is 0.615. The molecule has 0 aromatic carbocycles. The average molecular weight is 232 g/mol. The highest BCUT2D eigenvalue weighted by Crippen LogP contribution is 2.48. The largest absolute Gasteiger partial charge is 0.144 e. The molecule has 0 spiro atoms. The van der Waals surface area contributed by atoms with Crippen molar-refractivity contribution in [3.05, 3.63) is 0 Å². The van der Waals surface area contributed by atoms with E-state index in [0.717, 1.165) is 0 Å². The van der Waals surface area contributed by atoms with Crippen molar-refractivity contribution in [3.8, 4) is 0 Å². The normalized spacial score (nSPS) is 21.0. The lowest BCUT2D eigenvalue weighted by Crippen LogP contribution is -2.25. The minimum atomic E-state index is 0.615. The first kappa shape index (κ1) is 12.8. The fraction of sp³-hybridized carbons (Fsp3) is 1.00. The molecule has 0 aromatic rings. The Morgan fingerprint density at radius 3 is 1.86 bits per heavy atom. The zero-order chi connectivity index (χ0) is 10.3. The van der Waals surface area contributed by atoms with Gasteiger partial charge in [0.15, 0.2) is 0 Å². The van der Waals surface area contributed by atoms with E-state index in [4.69, 9.17) is 0 Å². The van der Waals surface area contributed by atoms with E-state index in [2.05, 4.69) is 37.4 Å². The van der Waals surface area contributed by atoms with Gasteiger partial charge in [-0.1, -0.05) is 39.5 Å². The van der Waals surface area contributed by atoms with Gasteiger partial charge < -0.3 is 0 Å². The lowest BCUT2D eigenvalue weighted by molar-refractivity contribution is 0.581. The molecule has 2 heteroatoms. The second-order valence-electron chi connectivity index (χ2n) is 4.17. The van der Waals surface area contributed by atoms with Crippen LogP contribution in [-0.2, 0) is 0 Å². The second kappa shape index (κ2) is 7.05. The summed E-state index contributed by atoms with van der Waals surface area (Å²) in [6, 6.07) is 0. The van der Waals surface area contributed by atoms with E-state index in [1.807, 2.05) is 0 Å². The van der Waals surface area contributed by atoms with Gasteiger partial charge in [-0.3, -0.25) is 0 Å². The van der Waals surface area contributed by atoms with Gasteiger partial charge in [0, 0.05) is 0 Å². The lowest BCUT2D eigenvalue weighted by atomic mass is 10.1. The van der Waals surface area contributed by atoms with Gasteiger partial charge in [-0.15, -0.1) is 23.5 Å². The van der Waals surface area contributed by atoms with Crippen LogP contribution in [0, 0.1) is 0 Å².